The first-order chi connectivity index (χ1) is 26.3. The van der Waals surface area contributed by atoms with E-state index < -0.39 is 0 Å². The number of nitrogens with zero attached hydrogens (tertiary/aromatic N) is 1. The van der Waals surface area contributed by atoms with Gasteiger partial charge in [-0.15, -0.1) is 0 Å². The van der Waals surface area contributed by atoms with E-state index in [0.717, 1.165) is 17.1 Å². The highest BCUT2D eigenvalue weighted by atomic mass is 15.1. The maximum absolute atomic E-state index is 2.38. The van der Waals surface area contributed by atoms with Crippen molar-refractivity contribution in [3.8, 4) is 55.6 Å². The second-order valence-corrected chi connectivity index (χ2v) is 13.4. The van der Waals surface area contributed by atoms with Gasteiger partial charge in [-0.3, -0.25) is 0 Å². The summed E-state index contributed by atoms with van der Waals surface area (Å²) >= 11 is 0. The zero-order valence-corrected chi connectivity index (χ0v) is 29.3. The fraction of sp³-hybridized carbons (Fsp3) is 0. The predicted molar refractivity (Wildman–Crippen MR) is 226 cm³/mol. The fourth-order valence-corrected chi connectivity index (χ4v) is 7.40. The van der Waals surface area contributed by atoms with E-state index in [-0.39, 0.29) is 0 Å². The zero-order valence-electron chi connectivity index (χ0n) is 29.3. The van der Waals surface area contributed by atoms with Gasteiger partial charge in [0, 0.05) is 16.8 Å². The molecule has 0 saturated carbocycles. The summed E-state index contributed by atoms with van der Waals surface area (Å²) in [6.07, 6.45) is 0. The number of benzene rings is 9. The Morgan fingerprint density at radius 2 is 0.660 bits per heavy atom. The minimum atomic E-state index is 1.10. The van der Waals surface area contributed by atoms with Crippen LogP contribution in [0.4, 0.5) is 17.1 Å². The first kappa shape index (κ1) is 32.0. The van der Waals surface area contributed by atoms with Gasteiger partial charge in [-0.1, -0.05) is 182 Å². The van der Waals surface area contributed by atoms with Crippen molar-refractivity contribution in [3.63, 3.8) is 0 Å². The van der Waals surface area contributed by atoms with Gasteiger partial charge in [-0.2, -0.15) is 0 Å². The SMILES string of the molecule is c1ccc(-c2cccc(-c3ccc(N(c4ccc(-c5ccc(-c6ccccc6)c(-c6ccccc6)c5)cc4)c4cccc5ccccc45)cc3)c2)cc1. The van der Waals surface area contributed by atoms with Crippen LogP contribution in [0.1, 0.15) is 0 Å². The van der Waals surface area contributed by atoms with Crippen molar-refractivity contribution in [3.05, 3.63) is 224 Å². The van der Waals surface area contributed by atoms with E-state index in [0.29, 0.717) is 0 Å². The molecule has 0 heterocycles. The summed E-state index contributed by atoms with van der Waals surface area (Å²) in [6.45, 7) is 0. The molecule has 0 atom stereocenters. The molecule has 1 heteroatoms. The Balaban J connectivity index is 1.10. The molecule has 9 aromatic carbocycles. The molecule has 0 amide bonds. The van der Waals surface area contributed by atoms with Crippen LogP contribution < -0.4 is 4.90 Å². The zero-order chi connectivity index (χ0) is 35.4. The number of hydrogen-bond donors (Lipinski definition) is 0. The van der Waals surface area contributed by atoms with Crippen molar-refractivity contribution in [1.82, 2.24) is 0 Å². The lowest BCUT2D eigenvalue weighted by Crippen LogP contribution is -2.10. The highest BCUT2D eigenvalue weighted by Gasteiger charge is 2.17. The number of rotatable bonds is 8. The van der Waals surface area contributed by atoms with Gasteiger partial charge in [0.05, 0.1) is 5.69 Å². The summed E-state index contributed by atoms with van der Waals surface area (Å²) in [6, 6.07) is 80.8. The second-order valence-electron chi connectivity index (χ2n) is 13.4. The summed E-state index contributed by atoms with van der Waals surface area (Å²) in [5, 5.41) is 2.43. The molecule has 0 aliphatic heterocycles. The van der Waals surface area contributed by atoms with Crippen LogP contribution >= 0.6 is 0 Å². The average Bonchev–Trinajstić information content (AvgIpc) is 3.25. The molecule has 9 rings (SSSR count). The first-order valence-corrected chi connectivity index (χ1v) is 18.2. The average molecular weight is 676 g/mol. The van der Waals surface area contributed by atoms with E-state index in [1.165, 1.54) is 66.4 Å². The number of hydrogen-bond acceptors (Lipinski definition) is 1. The lowest BCUT2D eigenvalue weighted by Gasteiger charge is -2.27. The van der Waals surface area contributed by atoms with Crippen molar-refractivity contribution in [2.45, 2.75) is 0 Å². The highest BCUT2D eigenvalue weighted by molar-refractivity contribution is 5.99. The summed E-state index contributed by atoms with van der Waals surface area (Å²) in [4.78, 5) is 2.38. The molecule has 0 aromatic heterocycles. The van der Waals surface area contributed by atoms with Gasteiger partial charge in [0.2, 0.25) is 0 Å². The molecule has 0 N–H and O–H groups in total. The quantitative estimate of drug-likeness (QED) is 0.155. The van der Waals surface area contributed by atoms with E-state index in [1.54, 1.807) is 0 Å². The van der Waals surface area contributed by atoms with E-state index >= 15 is 0 Å². The lowest BCUT2D eigenvalue weighted by atomic mass is 9.91. The minimum absolute atomic E-state index is 1.10. The van der Waals surface area contributed by atoms with Crippen molar-refractivity contribution in [1.29, 1.82) is 0 Å². The summed E-state index contributed by atoms with van der Waals surface area (Å²) < 4.78 is 0. The normalized spacial score (nSPS) is 11.0. The molecule has 9 aromatic rings. The van der Waals surface area contributed by atoms with E-state index in [2.05, 4.69) is 229 Å². The Kier molecular flexibility index (Phi) is 8.66. The van der Waals surface area contributed by atoms with E-state index in [1.807, 2.05) is 0 Å². The largest absolute Gasteiger partial charge is 0.310 e. The third kappa shape index (κ3) is 6.53. The van der Waals surface area contributed by atoms with Crippen molar-refractivity contribution in [2.24, 2.45) is 0 Å². The van der Waals surface area contributed by atoms with Crippen LogP contribution in [0.2, 0.25) is 0 Å². The number of anilines is 3. The third-order valence-corrected chi connectivity index (χ3v) is 10.1. The molecular weight excluding hydrogens is 639 g/mol. The molecule has 0 unspecified atom stereocenters. The molecule has 0 saturated heterocycles. The lowest BCUT2D eigenvalue weighted by molar-refractivity contribution is 1.30. The molecule has 0 radical (unpaired) electrons. The summed E-state index contributed by atoms with van der Waals surface area (Å²) in [5.41, 5.74) is 15.4. The van der Waals surface area contributed by atoms with Gasteiger partial charge in [-0.25, -0.2) is 0 Å². The first-order valence-electron chi connectivity index (χ1n) is 18.2. The highest BCUT2D eigenvalue weighted by Crippen LogP contribution is 2.41. The Hall–Kier alpha value is -6.96. The van der Waals surface area contributed by atoms with Crippen LogP contribution in [-0.4, -0.2) is 0 Å². The predicted octanol–water partition coefficient (Wildman–Crippen LogP) is 14.6. The van der Waals surface area contributed by atoms with Gasteiger partial charge in [-0.05, 0) is 103 Å². The molecule has 250 valence electrons. The molecule has 0 aliphatic carbocycles. The third-order valence-electron chi connectivity index (χ3n) is 10.1. The van der Waals surface area contributed by atoms with Crippen LogP contribution in [0, 0.1) is 0 Å². The standard InChI is InChI=1S/C52H37N/c1-4-14-38(15-5-1)44-22-12-23-45(36-44)39-26-31-47(32-27-39)53(52-25-13-21-42-20-10-11-24-50(42)52)48-33-28-40(29-34-48)46-30-35-49(41-16-6-2-7-17-41)51(37-46)43-18-8-3-9-19-43/h1-37H. The molecule has 0 spiro atoms. The van der Waals surface area contributed by atoms with E-state index in [9.17, 15) is 0 Å². The van der Waals surface area contributed by atoms with Crippen LogP contribution in [0.15, 0.2) is 224 Å². The van der Waals surface area contributed by atoms with Crippen LogP contribution in [-0.2, 0) is 0 Å². The second kappa shape index (κ2) is 14.3. The summed E-state index contributed by atoms with van der Waals surface area (Å²) in [5.74, 6) is 0. The fourth-order valence-electron chi connectivity index (χ4n) is 7.40. The molecule has 0 fully saturated rings. The van der Waals surface area contributed by atoms with Crippen molar-refractivity contribution in [2.75, 3.05) is 4.90 Å². The monoisotopic (exact) mass is 675 g/mol. The van der Waals surface area contributed by atoms with Crippen LogP contribution in [0.5, 0.6) is 0 Å². The maximum atomic E-state index is 2.38. The molecular formula is C52H37N. The minimum Gasteiger partial charge on any atom is -0.310 e. The Bertz CT molecular complexity index is 2620. The van der Waals surface area contributed by atoms with Gasteiger partial charge in [0.15, 0.2) is 0 Å². The maximum Gasteiger partial charge on any atom is 0.0540 e. The number of fused-ring (bicyclic) bond motifs is 1. The van der Waals surface area contributed by atoms with Crippen LogP contribution in [0.3, 0.4) is 0 Å². The van der Waals surface area contributed by atoms with Gasteiger partial charge < -0.3 is 4.90 Å². The molecule has 0 bridgehead atoms. The van der Waals surface area contributed by atoms with Crippen LogP contribution in [0.25, 0.3) is 66.4 Å². The summed E-state index contributed by atoms with van der Waals surface area (Å²) in [7, 11) is 0. The molecule has 53 heavy (non-hydrogen) atoms. The molecule has 0 aliphatic rings. The van der Waals surface area contributed by atoms with Gasteiger partial charge in [0.25, 0.3) is 0 Å². The Labute approximate surface area is 311 Å². The van der Waals surface area contributed by atoms with Crippen molar-refractivity contribution < 1.29 is 0 Å². The van der Waals surface area contributed by atoms with E-state index in [4.69, 9.17) is 0 Å². The smallest absolute Gasteiger partial charge is 0.0540 e. The Morgan fingerprint density at radius 3 is 1.26 bits per heavy atom. The van der Waals surface area contributed by atoms with Crippen molar-refractivity contribution >= 4 is 27.8 Å². The van der Waals surface area contributed by atoms with Gasteiger partial charge >= 0.3 is 0 Å². The van der Waals surface area contributed by atoms with Gasteiger partial charge in [0.1, 0.15) is 0 Å². The Morgan fingerprint density at radius 1 is 0.245 bits per heavy atom. The molecule has 1 nitrogen and oxygen atoms in total. The topological polar surface area (TPSA) is 3.24 Å².